The lowest BCUT2D eigenvalue weighted by Crippen LogP contribution is -2.37. The zero-order chi connectivity index (χ0) is 19.0. The average Bonchev–Trinajstić information content (AvgIpc) is 2.67. The van der Waals surface area contributed by atoms with E-state index in [0.717, 1.165) is 64.7 Å². The normalized spacial score (nSPS) is 11.8. The summed E-state index contributed by atoms with van der Waals surface area (Å²) in [6.07, 6.45) is 2.16. The Labute approximate surface area is 160 Å². The van der Waals surface area contributed by atoms with Crippen LogP contribution in [0.3, 0.4) is 0 Å². The molecule has 0 unspecified atom stereocenters. The Morgan fingerprint density at radius 2 is 1.81 bits per heavy atom. The van der Waals surface area contributed by atoms with E-state index in [1.54, 1.807) is 0 Å². The number of benzene rings is 1. The Bertz CT molecular complexity index is 501. The van der Waals surface area contributed by atoms with Crippen molar-refractivity contribution < 1.29 is 4.74 Å². The topological polar surface area (TPSA) is 48.9 Å². The van der Waals surface area contributed by atoms with Crippen LogP contribution in [0.1, 0.15) is 51.7 Å². The van der Waals surface area contributed by atoms with Crippen molar-refractivity contribution in [1.29, 1.82) is 0 Å². The van der Waals surface area contributed by atoms with Crippen molar-refractivity contribution in [2.24, 2.45) is 4.99 Å². The van der Waals surface area contributed by atoms with Crippen molar-refractivity contribution in [2.45, 2.75) is 53.6 Å². The van der Waals surface area contributed by atoms with Crippen LogP contribution < -0.4 is 10.6 Å². The molecule has 0 spiro atoms. The number of guanidine groups is 1. The van der Waals surface area contributed by atoms with Crippen molar-refractivity contribution in [1.82, 2.24) is 15.5 Å². The summed E-state index contributed by atoms with van der Waals surface area (Å²) in [6, 6.07) is 8.76. The monoisotopic (exact) mass is 362 g/mol. The van der Waals surface area contributed by atoms with Gasteiger partial charge in [-0.3, -0.25) is 4.90 Å². The summed E-state index contributed by atoms with van der Waals surface area (Å²) in [6.45, 7) is 15.8. The van der Waals surface area contributed by atoms with Gasteiger partial charge in [0.1, 0.15) is 0 Å². The van der Waals surface area contributed by atoms with E-state index in [2.05, 4.69) is 60.6 Å². The van der Waals surface area contributed by atoms with Gasteiger partial charge in [-0.25, -0.2) is 4.99 Å². The minimum atomic E-state index is 0.695. The number of unbranched alkanes of at least 4 members (excludes halogenated alkanes) is 1. The van der Waals surface area contributed by atoms with Gasteiger partial charge in [0.2, 0.25) is 0 Å². The highest BCUT2D eigenvalue weighted by molar-refractivity contribution is 5.79. The van der Waals surface area contributed by atoms with Crippen LogP contribution in [0.5, 0.6) is 0 Å². The first-order chi connectivity index (χ1) is 12.7. The lowest BCUT2D eigenvalue weighted by atomic mass is 10.1. The predicted molar refractivity (Wildman–Crippen MR) is 112 cm³/mol. The number of nitrogens with one attached hydrogen (secondary N) is 2. The molecule has 0 atom stereocenters. The SMILES string of the molecule is CCNC(=NCc1cccc(CN(CC)CC)c1)NCCCCOCC. The molecule has 0 aliphatic carbocycles. The van der Waals surface area contributed by atoms with E-state index in [1.807, 2.05) is 6.92 Å². The molecule has 1 aromatic rings. The molecular formula is C21H38N4O. The highest BCUT2D eigenvalue weighted by atomic mass is 16.5. The first-order valence-corrected chi connectivity index (χ1v) is 10.1. The Hall–Kier alpha value is -1.59. The molecule has 148 valence electrons. The quantitative estimate of drug-likeness (QED) is 0.321. The Morgan fingerprint density at radius 1 is 1.04 bits per heavy atom. The molecule has 5 nitrogen and oxygen atoms in total. The fourth-order valence-corrected chi connectivity index (χ4v) is 2.72. The molecular weight excluding hydrogens is 324 g/mol. The molecule has 5 heteroatoms. The maximum absolute atomic E-state index is 5.37. The Kier molecular flexibility index (Phi) is 12.6. The van der Waals surface area contributed by atoms with E-state index in [9.17, 15) is 0 Å². The first kappa shape index (κ1) is 22.5. The van der Waals surface area contributed by atoms with Gasteiger partial charge in [-0.15, -0.1) is 0 Å². The number of aliphatic imine (C=N–C) groups is 1. The summed E-state index contributed by atoms with van der Waals surface area (Å²) >= 11 is 0. The molecule has 1 aromatic carbocycles. The molecule has 0 bridgehead atoms. The summed E-state index contributed by atoms with van der Waals surface area (Å²) in [5.74, 6) is 0.887. The lowest BCUT2D eigenvalue weighted by molar-refractivity contribution is 0.143. The third-order valence-electron chi connectivity index (χ3n) is 4.27. The maximum Gasteiger partial charge on any atom is 0.191 e. The summed E-state index contributed by atoms with van der Waals surface area (Å²) < 4.78 is 5.37. The molecule has 0 heterocycles. The molecule has 0 radical (unpaired) electrons. The van der Waals surface area contributed by atoms with Crippen molar-refractivity contribution in [2.75, 3.05) is 39.4 Å². The minimum absolute atomic E-state index is 0.695. The Morgan fingerprint density at radius 3 is 2.50 bits per heavy atom. The summed E-state index contributed by atoms with van der Waals surface area (Å²) in [5, 5.41) is 6.73. The van der Waals surface area contributed by atoms with Gasteiger partial charge in [-0.1, -0.05) is 38.1 Å². The van der Waals surface area contributed by atoms with Crippen LogP contribution in [0, 0.1) is 0 Å². The molecule has 26 heavy (non-hydrogen) atoms. The predicted octanol–water partition coefficient (Wildman–Crippen LogP) is 3.40. The largest absolute Gasteiger partial charge is 0.382 e. The summed E-state index contributed by atoms with van der Waals surface area (Å²) in [5.41, 5.74) is 2.61. The molecule has 0 aliphatic rings. The van der Waals surface area contributed by atoms with E-state index in [4.69, 9.17) is 9.73 Å². The summed E-state index contributed by atoms with van der Waals surface area (Å²) in [7, 11) is 0. The maximum atomic E-state index is 5.37. The number of hydrogen-bond donors (Lipinski definition) is 2. The van der Waals surface area contributed by atoms with Gasteiger partial charge >= 0.3 is 0 Å². The van der Waals surface area contributed by atoms with Crippen molar-refractivity contribution in [3.8, 4) is 0 Å². The van der Waals surface area contributed by atoms with E-state index in [1.165, 1.54) is 11.1 Å². The van der Waals surface area contributed by atoms with Gasteiger partial charge in [0.15, 0.2) is 5.96 Å². The van der Waals surface area contributed by atoms with Crippen LogP contribution in [-0.4, -0.2) is 50.3 Å². The second kappa shape index (κ2) is 14.6. The van der Waals surface area contributed by atoms with Crippen molar-refractivity contribution in [3.63, 3.8) is 0 Å². The number of rotatable bonds is 13. The highest BCUT2D eigenvalue weighted by Gasteiger charge is 2.03. The van der Waals surface area contributed by atoms with Crippen LogP contribution >= 0.6 is 0 Å². The lowest BCUT2D eigenvalue weighted by Gasteiger charge is -2.18. The van der Waals surface area contributed by atoms with Crippen LogP contribution in [0.2, 0.25) is 0 Å². The molecule has 0 amide bonds. The van der Waals surface area contributed by atoms with Crippen molar-refractivity contribution >= 4 is 5.96 Å². The number of hydrogen-bond acceptors (Lipinski definition) is 3. The zero-order valence-corrected chi connectivity index (χ0v) is 17.2. The van der Waals surface area contributed by atoms with Crippen LogP contribution in [0.25, 0.3) is 0 Å². The smallest absolute Gasteiger partial charge is 0.191 e. The molecule has 2 N–H and O–H groups in total. The van der Waals surface area contributed by atoms with E-state index < -0.39 is 0 Å². The van der Waals surface area contributed by atoms with E-state index in [-0.39, 0.29) is 0 Å². The fraction of sp³-hybridized carbons (Fsp3) is 0.667. The molecule has 0 aliphatic heterocycles. The van der Waals surface area contributed by atoms with Gasteiger partial charge in [0.05, 0.1) is 6.54 Å². The Balaban J connectivity index is 2.52. The van der Waals surface area contributed by atoms with Crippen molar-refractivity contribution in [3.05, 3.63) is 35.4 Å². The van der Waals surface area contributed by atoms with Gasteiger partial charge in [-0.05, 0) is 50.9 Å². The summed E-state index contributed by atoms with van der Waals surface area (Å²) in [4.78, 5) is 7.15. The molecule has 0 fully saturated rings. The second-order valence-electron chi connectivity index (χ2n) is 6.31. The van der Waals surface area contributed by atoms with Crippen LogP contribution in [0.4, 0.5) is 0 Å². The van der Waals surface area contributed by atoms with Gasteiger partial charge in [-0.2, -0.15) is 0 Å². The van der Waals surface area contributed by atoms with Gasteiger partial charge in [0, 0.05) is 32.8 Å². The minimum Gasteiger partial charge on any atom is -0.382 e. The number of nitrogens with zero attached hydrogens (tertiary/aromatic N) is 2. The third-order valence-corrected chi connectivity index (χ3v) is 4.27. The zero-order valence-electron chi connectivity index (χ0n) is 17.2. The van der Waals surface area contributed by atoms with Gasteiger partial charge < -0.3 is 15.4 Å². The first-order valence-electron chi connectivity index (χ1n) is 10.1. The van der Waals surface area contributed by atoms with Gasteiger partial charge in [0.25, 0.3) is 0 Å². The molecule has 0 saturated carbocycles. The number of ether oxygens (including phenoxy) is 1. The third kappa shape index (κ3) is 9.78. The van der Waals surface area contributed by atoms with Crippen LogP contribution in [0.15, 0.2) is 29.3 Å². The highest BCUT2D eigenvalue weighted by Crippen LogP contribution is 2.09. The van der Waals surface area contributed by atoms with E-state index in [0.29, 0.717) is 6.54 Å². The molecule has 0 saturated heterocycles. The molecule has 0 aromatic heterocycles. The average molecular weight is 363 g/mol. The molecule has 1 rings (SSSR count). The fourth-order valence-electron chi connectivity index (χ4n) is 2.72. The van der Waals surface area contributed by atoms with E-state index >= 15 is 0 Å². The standard InChI is InChI=1S/C21H38N4O/c1-5-22-21(23-14-9-10-15-26-8-4)24-17-19-12-11-13-20(16-19)18-25(6-2)7-3/h11-13,16H,5-10,14-15,17-18H2,1-4H3,(H2,22,23,24). The van der Waals surface area contributed by atoms with Crippen LogP contribution in [-0.2, 0) is 17.8 Å². The second-order valence-corrected chi connectivity index (χ2v) is 6.31.